The first-order valence-corrected chi connectivity index (χ1v) is 12.1. The normalized spacial score (nSPS) is 20.2. The molecule has 174 valence electrons. The largest absolute Gasteiger partial charge is 0.370 e. The number of halogens is 1. The van der Waals surface area contributed by atoms with Crippen molar-refractivity contribution in [1.29, 1.82) is 0 Å². The van der Waals surface area contributed by atoms with Gasteiger partial charge in [-0.3, -0.25) is 14.7 Å². The van der Waals surface area contributed by atoms with Gasteiger partial charge < -0.3 is 16.0 Å². The number of aliphatic imine (C=N–C) groups is 1. The van der Waals surface area contributed by atoms with Gasteiger partial charge in [0.2, 0.25) is 5.91 Å². The number of nitrogens with zero attached hydrogens (tertiary/aromatic N) is 3. The van der Waals surface area contributed by atoms with Crippen LogP contribution in [0.25, 0.3) is 0 Å². The fraction of sp³-hybridized carbons (Fsp3) is 0.500. The minimum atomic E-state index is -0.211. The second-order valence-corrected chi connectivity index (χ2v) is 9.57. The van der Waals surface area contributed by atoms with Gasteiger partial charge in [-0.1, -0.05) is 30.3 Å². The Bertz CT molecular complexity index is 903. The number of fused-ring (bicyclic) bond motifs is 1. The van der Waals surface area contributed by atoms with Crippen LogP contribution in [0.3, 0.4) is 0 Å². The highest BCUT2D eigenvalue weighted by Gasteiger charge is 2.27. The average Bonchev–Trinajstić information content (AvgIpc) is 3.25. The van der Waals surface area contributed by atoms with Crippen molar-refractivity contribution in [2.45, 2.75) is 38.3 Å². The zero-order valence-electron chi connectivity index (χ0n) is 18.7. The maximum atomic E-state index is 11.4. The summed E-state index contributed by atoms with van der Waals surface area (Å²) in [6.07, 6.45) is 3.69. The third-order valence-electron chi connectivity index (χ3n) is 6.44. The number of hydrogen-bond donors (Lipinski definition) is 2. The predicted molar refractivity (Wildman–Crippen MR) is 143 cm³/mol. The summed E-state index contributed by atoms with van der Waals surface area (Å²) in [4.78, 5) is 22.3. The molecule has 3 heterocycles. The van der Waals surface area contributed by atoms with E-state index in [9.17, 15) is 4.79 Å². The van der Waals surface area contributed by atoms with Crippen molar-refractivity contribution in [1.82, 2.24) is 15.1 Å². The van der Waals surface area contributed by atoms with E-state index < -0.39 is 0 Å². The summed E-state index contributed by atoms with van der Waals surface area (Å²) >= 11 is 1.88. The molecule has 0 saturated carbocycles. The molecule has 1 aromatic heterocycles. The summed E-state index contributed by atoms with van der Waals surface area (Å²) in [6, 6.07) is 13.3. The Morgan fingerprint density at radius 2 is 2.09 bits per heavy atom. The molecule has 2 aliphatic heterocycles. The van der Waals surface area contributed by atoms with Crippen LogP contribution in [-0.2, 0) is 17.8 Å². The van der Waals surface area contributed by atoms with Crippen molar-refractivity contribution < 1.29 is 4.79 Å². The molecular formula is C24H34IN5OS. The number of hydrogen-bond acceptors (Lipinski definition) is 4. The third kappa shape index (κ3) is 6.23. The van der Waals surface area contributed by atoms with Crippen molar-refractivity contribution >= 4 is 47.2 Å². The molecule has 1 fully saturated rings. The number of rotatable bonds is 6. The number of primary amides is 1. The summed E-state index contributed by atoms with van der Waals surface area (Å²) in [6.45, 7) is 4.65. The van der Waals surface area contributed by atoms with Crippen LogP contribution in [0.2, 0.25) is 0 Å². The van der Waals surface area contributed by atoms with Crippen molar-refractivity contribution in [2.24, 2.45) is 16.6 Å². The number of nitrogens with one attached hydrogen (secondary N) is 1. The lowest BCUT2D eigenvalue weighted by Crippen LogP contribution is -2.49. The van der Waals surface area contributed by atoms with Crippen LogP contribution in [-0.4, -0.2) is 54.9 Å². The summed E-state index contributed by atoms with van der Waals surface area (Å²) in [5, 5.41) is 5.86. The first kappa shape index (κ1) is 25.0. The van der Waals surface area contributed by atoms with Crippen LogP contribution in [0.5, 0.6) is 0 Å². The quantitative estimate of drug-likeness (QED) is 0.318. The summed E-state index contributed by atoms with van der Waals surface area (Å²) in [7, 11) is 1.84. The summed E-state index contributed by atoms with van der Waals surface area (Å²) in [5.74, 6) is 1.02. The van der Waals surface area contributed by atoms with E-state index in [2.05, 4.69) is 61.9 Å². The lowest BCUT2D eigenvalue weighted by atomic mass is 9.95. The van der Waals surface area contributed by atoms with Gasteiger partial charge in [0.15, 0.2) is 5.96 Å². The molecular weight excluding hydrogens is 533 g/mol. The molecule has 2 aromatic rings. The Morgan fingerprint density at radius 1 is 1.28 bits per heavy atom. The fourth-order valence-electron chi connectivity index (χ4n) is 4.90. The average molecular weight is 568 g/mol. The van der Waals surface area contributed by atoms with Crippen LogP contribution >= 0.6 is 35.3 Å². The Hall–Kier alpha value is -1.65. The van der Waals surface area contributed by atoms with Gasteiger partial charge in [0.1, 0.15) is 0 Å². The van der Waals surface area contributed by atoms with Gasteiger partial charge in [-0.2, -0.15) is 0 Å². The number of amides is 1. The van der Waals surface area contributed by atoms with E-state index in [1.54, 1.807) is 0 Å². The van der Waals surface area contributed by atoms with E-state index >= 15 is 0 Å². The van der Waals surface area contributed by atoms with E-state index in [1.807, 2.05) is 18.4 Å². The van der Waals surface area contributed by atoms with Crippen molar-refractivity contribution in [3.63, 3.8) is 0 Å². The van der Waals surface area contributed by atoms with E-state index in [-0.39, 0.29) is 35.9 Å². The monoisotopic (exact) mass is 567 g/mol. The van der Waals surface area contributed by atoms with Gasteiger partial charge in [-0.25, -0.2) is 0 Å². The van der Waals surface area contributed by atoms with Gasteiger partial charge in [0.05, 0.1) is 6.04 Å². The molecule has 0 bridgehead atoms. The van der Waals surface area contributed by atoms with Crippen LogP contribution in [0.4, 0.5) is 0 Å². The van der Waals surface area contributed by atoms with Gasteiger partial charge in [0.25, 0.3) is 0 Å². The maximum Gasteiger partial charge on any atom is 0.217 e. The Labute approximate surface area is 212 Å². The number of benzene rings is 1. The number of nitrogens with two attached hydrogens (primary N) is 1. The molecule has 1 aromatic carbocycles. The number of piperidine rings is 1. The lowest BCUT2D eigenvalue weighted by Gasteiger charge is -2.38. The molecule has 2 unspecified atom stereocenters. The highest BCUT2D eigenvalue weighted by Crippen LogP contribution is 2.30. The van der Waals surface area contributed by atoms with Gasteiger partial charge in [-0.15, -0.1) is 35.3 Å². The Balaban J connectivity index is 0.00000289. The molecule has 2 aliphatic rings. The molecule has 1 saturated heterocycles. The predicted octanol–water partition coefficient (Wildman–Crippen LogP) is 3.63. The molecule has 4 rings (SSSR count). The van der Waals surface area contributed by atoms with E-state index in [0.717, 1.165) is 57.9 Å². The number of carbonyl (C=O) groups is 1. The number of thiophene rings is 1. The highest BCUT2D eigenvalue weighted by atomic mass is 127. The molecule has 32 heavy (non-hydrogen) atoms. The fourth-order valence-corrected chi connectivity index (χ4v) is 5.79. The number of likely N-dealkylation sites (tertiary alicyclic amines) is 1. The second kappa shape index (κ2) is 12.0. The SMILES string of the molecule is CN=C(NCC(c1ccccc1)N1CCc2sccc2C1)N1CCCC(CC(N)=O)C1.I. The molecule has 3 N–H and O–H groups in total. The van der Waals surface area contributed by atoms with Crippen LogP contribution in [0.15, 0.2) is 46.8 Å². The van der Waals surface area contributed by atoms with Crippen molar-refractivity contribution in [3.05, 3.63) is 57.8 Å². The molecule has 2 atom stereocenters. The van der Waals surface area contributed by atoms with Gasteiger partial charge >= 0.3 is 0 Å². The number of guanidine groups is 1. The van der Waals surface area contributed by atoms with E-state index in [4.69, 9.17) is 5.73 Å². The van der Waals surface area contributed by atoms with Crippen molar-refractivity contribution in [2.75, 3.05) is 33.2 Å². The third-order valence-corrected chi connectivity index (χ3v) is 7.46. The molecule has 0 spiro atoms. The Morgan fingerprint density at radius 3 is 2.84 bits per heavy atom. The lowest BCUT2D eigenvalue weighted by molar-refractivity contribution is -0.119. The minimum Gasteiger partial charge on any atom is -0.370 e. The smallest absolute Gasteiger partial charge is 0.217 e. The highest BCUT2D eigenvalue weighted by molar-refractivity contribution is 14.0. The maximum absolute atomic E-state index is 11.4. The van der Waals surface area contributed by atoms with Crippen LogP contribution < -0.4 is 11.1 Å². The molecule has 8 heteroatoms. The Kier molecular flexibility index (Phi) is 9.36. The van der Waals surface area contributed by atoms with Crippen LogP contribution in [0, 0.1) is 5.92 Å². The standard InChI is InChI=1S/C24H33N5OS.HI/c1-26-24(29-11-5-6-18(16-29)14-23(25)30)27-15-21(19-7-3-2-4-8-19)28-12-9-22-20(17-28)10-13-31-22;/h2-4,7-8,10,13,18,21H,5-6,9,11-12,14-17H2,1H3,(H2,25,30)(H,26,27);1H. The minimum absolute atomic E-state index is 0. The molecule has 0 radical (unpaired) electrons. The first-order valence-electron chi connectivity index (χ1n) is 11.2. The first-order chi connectivity index (χ1) is 15.1. The summed E-state index contributed by atoms with van der Waals surface area (Å²) < 4.78 is 0. The second-order valence-electron chi connectivity index (χ2n) is 8.57. The van der Waals surface area contributed by atoms with Crippen molar-refractivity contribution in [3.8, 4) is 0 Å². The molecule has 1 amide bonds. The zero-order valence-corrected chi connectivity index (χ0v) is 21.9. The van der Waals surface area contributed by atoms with Gasteiger partial charge in [-0.05, 0) is 47.8 Å². The molecule has 6 nitrogen and oxygen atoms in total. The zero-order chi connectivity index (χ0) is 21.6. The topological polar surface area (TPSA) is 74.0 Å². The molecule has 0 aliphatic carbocycles. The number of carbonyl (C=O) groups excluding carboxylic acids is 1. The van der Waals surface area contributed by atoms with E-state index in [0.29, 0.717) is 12.3 Å². The summed E-state index contributed by atoms with van der Waals surface area (Å²) in [5.41, 5.74) is 8.23. The van der Waals surface area contributed by atoms with Gasteiger partial charge in [0, 0.05) is 51.1 Å². The van der Waals surface area contributed by atoms with E-state index in [1.165, 1.54) is 16.0 Å². The van der Waals surface area contributed by atoms with Crippen LogP contribution in [0.1, 0.15) is 41.3 Å².